The Labute approximate surface area is 158 Å². The van der Waals surface area contributed by atoms with Gasteiger partial charge in [-0.2, -0.15) is 0 Å². The van der Waals surface area contributed by atoms with Gasteiger partial charge in [0.1, 0.15) is 6.10 Å². The summed E-state index contributed by atoms with van der Waals surface area (Å²) in [6.45, 7) is 1.16. The Morgan fingerprint density at radius 1 is 1.27 bits per heavy atom. The molecule has 1 amide bonds. The Morgan fingerprint density at radius 2 is 2.12 bits per heavy atom. The normalized spacial score (nSPS) is 16.1. The summed E-state index contributed by atoms with van der Waals surface area (Å²) in [5.74, 6) is -0.275. The number of hydrogen-bond donors (Lipinski definition) is 1. The van der Waals surface area contributed by atoms with Crippen LogP contribution in [0.1, 0.15) is 33.5 Å². The zero-order valence-electron chi connectivity index (χ0n) is 13.8. The van der Waals surface area contributed by atoms with E-state index in [9.17, 15) is 4.79 Å². The zero-order chi connectivity index (χ0) is 17.9. The van der Waals surface area contributed by atoms with E-state index >= 15 is 0 Å². The van der Waals surface area contributed by atoms with Gasteiger partial charge in [0.15, 0.2) is 5.69 Å². The fourth-order valence-corrected chi connectivity index (χ4v) is 3.09. The van der Waals surface area contributed by atoms with Crippen LogP contribution in [-0.4, -0.2) is 25.9 Å². The van der Waals surface area contributed by atoms with E-state index < -0.39 is 0 Å². The molecular weight excluding hydrogens is 398 g/mol. The van der Waals surface area contributed by atoms with Crippen molar-refractivity contribution in [3.63, 3.8) is 0 Å². The van der Waals surface area contributed by atoms with Gasteiger partial charge in [0.25, 0.3) is 5.91 Å². The van der Waals surface area contributed by atoms with Crippen LogP contribution >= 0.6 is 15.9 Å². The van der Waals surface area contributed by atoms with Crippen molar-refractivity contribution in [1.29, 1.82) is 0 Å². The predicted molar refractivity (Wildman–Crippen MR) is 97.1 cm³/mol. The van der Waals surface area contributed by atoms with Gasteiger partial charge in [0.2, 0.25) is 0 Å². The summed E-state index contributed by atoms with van der Waals surface area (Å²) >= 11 is 3.43. The number of pyridine rings is 1. The summed E-state index contributed by atoms with van der Waals surface area (Å²) in [7, 11) is 0. The number of amides is 1. The molecular formula is C18H16BrN5O2. The standard InChI is InChI=1S/C18H16BrN5O2/c19-13-6-4-12(5-7-13)16-10-24-15(11-26-16)17(22-23-24)18(25)21-9-14-3-1-2-8-20-14/h1-8,16H,9-11H2,(H,21,25)/t16-/m0/s1. The minimum absolute atomic E-state index is 0.110. The van der Waals surface area contributed by atoms with Gasteiger partial charge in [-0.15, -0.1) is 5.10 Å². The van der Waals surface area contributed by atoms with Crippen LogP contribution in [-0.2, 0) is 24.4 Å². The first-order chi connectivity index (χ1) is 12.7. The molecule has 8 heteroatoms. The van der Waals surface area contributed by atoms with Crippen LogP contribution in [0.2, 0.25) is 0 Å². The van der Waals surface area contributed by atoms with E-state index in [-0.39, 0.29) is 12.0 Å². The molecule has 3 heterocycles. The third-order valence-corrected chi connectivity index (χ3v) is 4.74. The molecule has 0 bridgehead atoms. The van der Waals surface area contributed by atoms with E-state index in [2.05, 4.69) is 36.5 Å². The quantitative estimate of drug-likeness (QED) is 0.710. The Morgan fingerprint density at radius 3 is 2.88 bits per heavy atom. The van der Waals surface area contributed by atoms with Gasteiger partial charge in [-0.1, -0.05) is 39.3 Å². The van der Waals surface area contributed by atoms with Crippen molar-refractivity contribution < 1.29 is 9.53 Å². The van der Waals surface area contributed by atoms with Crippen molar-refractivity contribution in [1.82, 2.24) is 25.3 Å². The lowest BCUT2D eigenvalue weighted by molar-refractivity contribution is -0.00177. The van der Waals surface area contributed by atoms with Crippen LogP contribution in [0.3, 0.4) is 0 Å². The van der Waals surface area contributed by atoms with Crippen molar-refractivity contribution in [2.45, 2.75) is 25.8 Å². The molecule has 1 atom stereocenters. The highest BCUT2D eigenvalue weighted by molar-refractivity contribution is 9.10. The lowest BCUT2D eigenvalue weighted by Gasteiger charge is -2.24. The highest BCUT2D eigenvalue weighted by Crippen LogP contribution is 2.27. The molecule has 1 aliphatic heterocycles. The van der Waals surface area contributed by atoms with Crippen LogP contribution in [0.5, 0.6) is 0 Å². The first-order valence-electron chi connectivity index (χ1n) is 8.18. The maximum absolute atomic E-state index is 12.4. The van der Waals surface area contributed by atoms with Crippen molar-refractivity contribution in [2.75, 3.05) is 0 Å². The molecule has 0 unspecified atom stereocenters. The molecule has 7 nitrogen and oxygen atoms in total. The molecule has 2 aromatic heterocycles. The maximum Gasteiger partial charge on any atom is 0.274 e. The Kier molecular flexibility index (Phi) is 4.77. The molecule has 0 radical (unpaired) electrons. The number of nitrogens with zero attached hydrogens (tertiary/aromatic N) is 4. The molecule has 0 spiro atoms. The summed E-state index contributed by atoms with van der Waals surface area (Å²) in [5, 5.41) is 11.0. The lowest BCUT2D eigenvalue weighted by atomic mass is 10.1. The molecule has 1 aliphatic rings. The minimum Gasteiger partial charge on any atom is -0.365 e. The molecule has 26 heavy (non-hydrogen) atoms. The number of nitrogens with one attached hydrogen (secondary N) is 1. The van der Waals surface area contributed by atoms with E-state index in [1.165, 1.54) is 0 Å². The number of halogens is 1. The van der Waals surface area contributed by atoms with Gasteiger partial charge in [-0.05, 0) is 29.8 Å². The molecule has 0 fully saturated rings. The average Bonchev–Trinajstić information content (AvgIpc) is 3.11. The first-order valence-corrected chi connectivity index (χ1v) is 8.97. The third-order valence-electron chi connectivity index (χ3n) is 4.21. The van der Waals surface area contributed by atoms with Gasteiger partial charge in [-0.3, -0.25) is 9.78 Å². The van der Waals surface area contributed by atoms with E-state index in [0.29, 0.717) is 31.1 Å². The number of carbonyl (C=O) groups is 1. The third kappa shape index (κ3) is 3.51. The Hall–Kier alpha value is -2.58. The van der Waals surface area contributed by atoms with Crippen molar-refractivity contribution in [3.8, 4) is 0 Å². The van der Waals surface area contributed by atoms with E-state index in [1.807, 2.05) is 42.5 Å². The Balaban J connectivity index is 1.45. The predicted octanol–water partition coefficient (Wildman–Crippen LogP) is 2.64. The van der Waals surface area contributed by atoms with Gasteiger partial charge in [-0.25, -0.2) is 4.68 Å². The first kappa shape index (κ1) is 16.9. The second kappa shape index (κ2) is 7.35. The molecule has 1 aromatic carbocycles. The van der Waals surface area contributed by atoms with Crippen LogP contribution < -0.4 is 5.32 Å². The van der Waals surface area contributed by atoms with Crippen molar-refractivity contribution in [3.05, 3.63) is 75.8 Å². The van der Waals surface area contributed by atoms with Gasteiger partial charge >= 0.3 is 0 Å². The van der Waals surface area contributed by atoms with Crippen LogP contribution in [0.25, 0.3) is 0 Å². The highest BCUT2D eigenvalue weighted by atomic mass is 79.9. The number of fused-ring (bicyclic) bond motifs is 1. The van der Waals surface area contributed by atoms with Crippen LogP contribution in [0.15, 0.2) is 53.1 Å². The van der Waals surface area contributed by atoms with Crippen molar-refractivity contribution >= 4 is 21.8 Å². The summed E-state index contributed by atoms with van der Waals surface area (Å²) in [6.07, 6.45) is 1.58. The second-order valence-electron chi connectivity index (χ2n) is 5.92. The molecule has 3 aromatic rings. The average molecular weight is 414 g/mol. The van der Waals surface area contributed by atoms with Gasteiger partial charge < -0.3 is 10.1 Å². The van der Waals surface area contributed by atoms with Gasteiger partial charge in [0.05, 0.1) is 31.1 Å². The minimum atomic E-state index is -0.275. The van der Waals surface area contributed by atoms with Crippen molar-refractivity contribution in [2.24, 2.45) is 0 Å². The summed E-state index contributed by atoms with van der Waals surface area (Å²) in [4.78, 5) is 16.6. The molecule has 0 aliphatic carbocycles. The van der Waals surface area contributed by atoms with Crippen LogP contribution in [0.4, 0.5) is 0 Å². The summed E-state index contributed by atoms with van der Waals surface area (Å²) < 4.78 is 8.69. The van der Waals surface area contributed by atoms with E-state index in [4.69, 9.17) is 4.74 Å². The Bertz CT molecular complexity index is 911. The number of aromatic nitrogens is 4. The second-order valence-corrected chi connectivity index (χ2v) is 6.84. The smallest absolute Gasteiger partial charge is 0.274 e. The topological polar surface area (TPSA) is 81.9 Å². The van der Waals surface area contributed by atoms with Gasteiger partial charge in [0, 0.05) is 10.7 Å². The fraction of sp³-hybridized carbons (Fsp3) is 0.222. The maximum atomic E-state index is 12.4. The molecule has 132 valence electrons. The number of benzene rings is 1. The SMILES string of the molecule is O=C(NCc1ccccn1)c1nnn2c1CO[C@H](c1ccc(Br)cc1)C2. The number of ether oxygens (including phenoxy) is 1. The summed E-state index contributed by atoms with van der Waals surface area (Å²) in [5.41, 5.74) is 2.84. The molecule has 0 saturated carbocycles. The lowest BCUT2D eigenvalue weighted by Crippen LogP contribution is -2.27. The number of hydrogen-bond acceptors (Lipinski definition) is 5. The fourth-order valence-electron chi connectivity index (χ4n) is 2.82. The van der Waals surface area contributed by atoms with Crippen LogP contribution in [0, 0.1) is 0 Å². The number of rotatable bonds is 4. The summed E-state index contributed by atoms with van der Waals surface area (Å²) in [6, 6.07) is 13.5. The zero-order valence-corrected chi connectivity index (χ0v) is 15.4. The monoisotopic (exact) mass is 413 g/mol. The number of carbonyl (C=O) groups excluding carboxylic acids is 1. The van der Waals surface area contributed by atoms with E-state index in [1.54, 1.807) is 10.9 Å². The molecule has 0 saturated heterocycles. The highest BCUT2D eigenvalue weighted by Gasteiger charge is 2.27. The van der Waals surface area contributed by atoms with E-state index in [0.717, 1.165) is 15.7 Å². The molecule has 4 rings (SSSR count). The largest absolute Gasteiger partial charge is 0.365 e. The molecule has 1 N–H and O–H groups in total.